The van der Waals surface area contributed by atoms with Crippen molar-refractivity contribution in [2.45, 2.75) is 77.3 Å². The fraction of sp³-hybridized carbons (Fsp3) is 0.724. The number of hydrogen-bond donors (Lipinski definition) is 2. The second-order valence-electron chi connectivity index (χ2n) is 11.4. The van der Waals surface area contributed by atoms with Gasteiger partial charge in [0.25, 0.3) is 0 Å². The average molecular weight is 500 g/mol. The lowest BCUT2D eigenvalue weighted by Crippen LogP contribution is -2.61. The summed E-state index contributed by atoms with van der Waals surface area (Å²) in [5, 5.41) is 3.18. The maximum atomic E-state index is 12.9. The first-order valence-corrected chi connectivity index (χ1v) is 14.3. The summed E-state index contributed by atoms with van der Waals surface area (Å²) in [7, 11) is 0. The van der Waals surface area contributed by atoms with Crippen LogP contribution in [0.15, 0.2) is 24.3 Å². The molecule has 200 valence electrons. The number of hydrogen-bond acceptors (Lipinski definition) is 4. The molecule has 3 aliphatic rings. The number of nitrogens with one attached hydrogen (secondary N) is 1. The van der Waals surface area contributed by atoms with Gasteiger partial charge in [0.1, 0.15) is 0 Å². The SMILES string of the molecule is CC[N+]1(C(C)Cc2cccc(NC(=O)C3CCCCC3)c2)CCC(C(N)C(=O)N2CCOCC2)CC1. The number of nitrogens with two attached hydrogens (primary N) is 1. The van der Waals surface area contributed by atoms with Gasteiger partial charge in [-0.15, -0.1) is 0 Å². The Balaban J connectivity index is 1.32. The summed E-state index contributed by atoms with van der Waals surface area (Å²) in [5.41, 5.74) is 8.68. The van der Waals surface area contributed by atoms with Crippen LogP contribution in [0.1, 0.15) is 64.4 Å². The van der Waals surface area contributed by atoms with E-state index in [1.54, 1.807) is 0 Å². The largest absolute Gasteiger partial charge is 0.378 e. The molecule has 0 radical (unpaired) electrons. The number of likely N-dealkylation sites (N-methyl/N-ethyl adjacent to an activating group) is 1. The fourth-order valence-corrected chi connectivity index (χ4v) is 6.65. The van der Waals surface area contributed by atoms with E-state index in [-0.39, 0.29) is 23.7 Å². The minimum absolute atomic E-state index is 0.0972. The van der Waals surface area contributed by atoms with Gasteiger partial charge in [0.2, 0.25) is 11.8 Å². The van der Waals surface area contributed by atoms with Crippen molar-refractivity contribution in [3.8, 4) is 0 Å². The van der Waals surface area contributed by atoms with Gasteiger partial charge in [0.15, 0.2) is 0 Å². The van der Waals surface area contributed by atoms with E-state index in [9.17, 15) is 9.59 Å². The minimum Gasteiger partial charge on any atom is -0.378 e. The van der Waals surface area contributed by atoms with Gasteiger partial charge >= 0.3 is 0 Å². The van der Waals surface area contributed by atoms with Crippen molar-refractivity contribution in [1.82, 2.24) is 4.90 Å². The Morgan fingerprint density at radius 1 is 1.11 bits per heavy atom. The van der Waals surface area contributed by atoms with Crippen LogP contribution in [0, 0.1) is 11.8 Å². The Bertz CT molecular complexity index is 871. The number of nitrogens with zero attached hydrogens (tertiary/aromatic N) is 2. The zero-order valence-corrected chi connectivity index (χ0v) is 22.4. The highest BCUT2D eigenvalue weighted by Gasteiger charge is 2.41. The molecule has 3 fully saturated rings. The first-order valence-electron chi connectivity index (χ1n) is 14.3. The molecule has 1 aliphatic carbocycles. The van der Waals surface area contributed by atoms with Gasteiger partial charge in [-0.1, -0.05) is 31.4 Å². The highest BCUT2D eigenvalue weighted by molar-refractivity contribution is 5.92. The summed E-state index contributed by atoms with van der Waals surface area (Å²) < 4.78 is 6.45. The van der Waals surface area contributed by atoms with Crippen LogP contribution < -0.4 is 11.1 Å². The van der Waals surface area contributed by atoms with E-state index in [0.29, 0.717) is 32.3 Å². The molecule has 0 bridgehead atoms. The summed E-state index contributed by atoms with van der Waals surface area (Å²) in [4.78, 5) is 27.5. The van der Waals surface area contributed by atoms with E-state index in [2.05, 4.69) is 37.4 Å². The van der Waals surface area contributed by atoms with Crippen molar-refractivity contribution < 1.29 is 18.8 Å². The molecule has 7 nitrogen and oxygen atoms in total. The first kappa shape index (κ1) is 27.1. The highest BCUT2D eigenvalue weighted by Crippen LogP contribution is 2.31. The van der Waals surface area contributed by atoms with Crippen molar-refractivity contribution in [2.24, 2.45) is 17.6 Å². The van der Waals surface area contributed by atoms with Crippen LogP contribution in [-0.4, -0.2) is 79.2 Å². The number of carbonyl (C=O) groups excluding carboxylic acids is 2. The second-order valence-corrected chi connectivity index (χ2v) is 11.4. The number of benzene rings is 1. The molecule has 0 aromatic heterocycles. The van der Waals surface area contributed by atoms with Crippen LogP contribution in [0.25, 0.3) is 0 Å². The van der Waals surface area contributed by atoms with Gasteiger partial charge in [-0.05, 0) is 50.3 Å². The van der Waals surface area contributed by atoms with Crippen LogP contribution in [0.4, 0.5) is 5.69 Å². The van der Waals surface area contributed by atoms with Crippen LogP contribution in [0.5, 0.6) is 0 Å². The molecule has 1 aromatic rings. The molecular weight excluding hydrogens is 452 g/mol. The first-order chi connectivity index (χ1) is 17.4. The van der Waals surface area contributed by atoms with Crippen molar-refractivity contribution in [3.63, 3.8) is 0 Å². The fourth-order valence-electron chi connectivity index (χ4n) is 6.65. The summed E-state index contributed by atoms with van der Waals surface area (Å²) in [6, 6.07) is 8.48. The van der Waals surface area contributed by atoms with Crippen molar-refractivity contribution in [2.75, 3.05) is 51.3 Å². The Hall–Kier alpha value is -1.96. The molecule has 2 atom stereocenters. The monoisotopic (exact) mass is 499 g/mol. The lowest BCUT2D eigenvalue weighted by Gasteiger charge is -2.48. The predicted octanol–water partition coefficient (Wildman–Crippen LogP) is 3.57. The summed E-state index contributed by atoms with van der Waals surface area (Å²) in [6.45, 7) is 10.4. The Kier molecular flexibility index (Phi) is 9.42. The number of likely N-dealkylation sites (tertiary alicyclic amines) is 1. The van der Waals surface area contributed by atoms with Gasteiger partial charge in [-0.2, -0.15) is 0 Å². The molecule has 36 heavy (non-hydrogen) atoms. The van der Waals surface area contributed by atoms with E-state index in [1.807, 2.05) is 11.0 Å². The molecule has 2 amide bonds. The van der Waals surface area contributed by atoms with Crippen LogP contribution in [0.3, 0.4) is 0 Å². The quantitative estimate of drug-likeness (QED) is 0.536. The number of anilines is 1. The van der Waals surface area contributed by atoms with E-state index < -0.39 is 6.04 Å². The molecule has 2 heterocycles. The van der Waals surface area contributed by atoms with Crippen molar-refractivity contribution >= 4 is 17.5 Å². The van der Waals surface area contributed by atoms with Crippen molar-refractivity contribution in [3.05, 3.63) is 29.8 Å². The van der Waals surface area contributed by atoms with Gasteiger partial charge in [0.05, 0.1) is 44.9 Å². The highest BCUT2D eigenvalue weighted by atomic mass is 16.5. The van der Waals surface area contributed by atoms with Gasteiger partial charge in [-0.25, -0.2) is 0 Å². The number of amides is 2. The van der Waals surface area contributed by atoms with Crippen molar-refractivity contribution in [1.29, 1.82) is 0 Å². The zero-order valence-electron chi connectivity index (χ0n) is 22.4. The van der Waals surface area contributed by atoms with E-state index in [1.165, 1.54) is 24.8 Å². The Labute approximate surface area is 217 Å². The van der Waals surface area contributed by atoms with Crippen LogP contribution in [0.2, 0.25) is 0 Å². The number of rotatable bonds is 8. The number of carbonyl (C=O) groups is 2. The van der Waals surface area contributed by atoms with Crippen LogP contribution >= 0.6 is 0 Å². The molecule has 1 saturated carbocycles. The third kappa shape index (κ3) is 6.48. The maximum absolute atomic E-state index is 12.9. The Morgan fingerprint density at radius 2 is 1.81 bits per heavy atom. The third-order valence-electron chi connectivity index (χ3n) is 9.27. The maximum Gasteiger partial charge on any atom is 0.239 e. The Morgan fingerprint density at radius 3 is 2.47 bits per heavy atom. The van der Waals surface area contributed by atoms with E-state index >= 15 is 0 Å². The smallest absolute Gasteiger partial charge is 0.239 e. The van der Waals surface area contributed by atoms with Gasteiger partial charge < -0.3 is 25.2 Å². The minimum atomic E-state index is -0.401. The summed E-state index contributed by atoms with van der Waals surface area (Å²) in [6.07, 6.45) is 8.58. The number of morpholine rings is 1. The topological polar surface area (TPSA) is 84.7 Å². The molecule has 3 N–H and O–H groups in total. The average Bonchev–Trinajstić information content (AvgIpc) is 2.93. The zero-order chi connectivity index (χ0) is 25.5. The summed E-state index contributed by atoms with van der Waals surface area (Å²) in [5.74, 6) is 0.698. The lowest BCUT2D eigenvalue weighted by molar-refractivity contribution is -0.953. The van der Waals surface area contributed by atoms with E-state index in [4.69, 9.17) is 10.5 Å². The van der Waals surface area contributed by atoms with E-state index in [0.717, 1.165) is 61.9 Å². The molecule has 2 aliphatic heterocycles. The van der Waals surface area contributed by atoms with Gasteiger partial charge in [-0.3, -0.25) is 9.59 Å². The number of piperidine rings is 1. The molecule has 2 unspecified atom stereocenters. The molecular formula is C29H47N4O3+. The normalized spacial score (nSPS) is 27.3. The lowest BCUT2D eigenvalue weighted by atomic mass is 9.86. The molecule has 4 rings (SSSR count). The summed E-state index contributed by atoms with van der Waals surface area (Å²) >= 11 is 0. The molecule has 7 heteroatoms. The molecule has 2 saturated heterocycles. The third-order valence-corrected chi connectivity index (χ3v) is 9.27. The number of ether oxygens (including phenoxy) is 1. The predicted molar refractivity (Wildman–Crippen MR) is 143 cm³/mol. The number of quaternary nitrogens is 1. The van der Waals surface area contributed by atoms with Gasteiger partial charge in [0, 0.05) is 44.0 Å². The second kappa shape index (κ2) is 12.5. The molecule has 1 aromatic carbocycles. The molecule has 0 spiro atoms. The van der Waals surface area contributed by atoms with Crippen LogP contribution in [-0.2, 0) is 20.7 Å². The standard InChI is InChI=1S/C29H46N4O3/c1-3-33(16-12-24(13-17-33)27(30)29(35)32-14-18-36-19-15-32)22(2)20-23-8-7-11-26(21-23)31-28(34)25-9-5-4-6-10-25/h7-8,11,21-22,24-25,27H,3-6,9-10,12-20,30H2,1-2H3/p+1.